The highest BCUT2D eigenvalue weighted by atomic mass is 32.2. The first kappa shape index (κ1) is 21.7. The summed E-state index contributed by atoms with van der Waals surface area (Å²) in [7, 11) is -3.64. The molecular weight excluding hydrogens is 394 g/mol. The molecule has 3 amide bonds. The minimum absolute atomic E-state index is 0.0361. The van der Waals surface area contributed by atoms with Crippen LogP contribution in [0.15, 0.2) is 29.2 Å². The molecule has 1 atom stereocenters. The average Bonchev–Trinajstić information content (AvgIpc) is 2.91. The van der Waals surface area contributed by atoms with Crippen molar-refractivity contribution < 1.29 is 22.7 Å². The van der Waals surface area contributed by atoms with Crippen LogP contribution in [0.1, 0.15) is 39.2 Å². The third-order valence-corrected chi connectivity index (χ3v) is 7.31. The zero-order valence-corrected chi connectivity index (χ0v) is 18.0. The van der Waals surface area contributed by atoms with Crippen LogP contribution in [0.5, 0.6) is 0 Å². The average molecular weight is 424 g/mol. The molecule has 0 aliphatic carbocycles. The van der Waals surface area contributed by atoms with Gasteiger partial charge in [0, 0.05) is 13.1 Å². The van der Waals surface area contributed by atoms with E-state index in [1.807, 2.05) is 0 Å². The maximum Gasteiger partial charge on any atom is 0.325 e. The lowest BCUT2D eigenvalue weighted by atomic mass is 9.92. The molecule has 2 fully saturated rings. The smallest absolute Gasteiger partial charge is 0.325 e. The summed E-state index contributed by atoms with van der Waals surface area (Å²) in [5.74, 6) is 0.150. The van der Waals surface area contributed by atoms with Crippen molar-refractivity contribution in [3.8, 4) is 0 Å². The molecule has 0 saturated carbocycles. The first-order chi connectivity index (χ1) is 13.6. The Morgan fingerprint density at radius 3 is 2.55 bits per heavy atom. The van der Waals surface area contributed by atoms with Gasteiger partial charge in [-0.25, -0.2) is 13.2 Å². The van der Waals surface area contributed by atoms with Crippen LogP contribution in [0, 0.1) is 5.92 Å². The topological polar surface area (TPSA) is 96.0 Å². The van der Waals surface area contributed by atoms with Gasteiger partial charge in [-0.15, -0.1) is 0 Å². The molecule has 0 bridgehead atoms. The fraction of sp³-hybridized carbons (Fsp3) is 0.600. The van der Waals surface area contributed by atoms with Crippen LogP contribution in [0.3, 0.4) is 0 Å². The predicted octanol–water partition coefficient (Wildman–Crippen LogP) is 1.95. The highest BCUT2D eigenvalue weighted by Crippen LogP contribution is 2.27. The second-order valence-corrected chi connectivity index (χ2v) is 10.2. The third-order valence-electron chi connectivity index (χ3n) is 5.41. The van der Waals surface area contributed by atoms with Gasteiger partial charge in [0.15, 0.2) is 0 Å². The van der Waals surface area contributed by atoms with Gasteiger partial charge in [-0.3, -0.25) is 9.69 Å². The van der Waals surface area contributed by atoms with Gasteiger partial charge in [0.1, 0.15) is 5.54 Å². The van der Waals surface area contributed by atoms with Crippen LogP contribution in [-0.2, 0) is 26.1 Å². The van der Waals surface area contributed by atoms with Crippen LogP contribution < -0.4 is 5.32 Å². The molecule has 8 nitrogen and oxygen atoms in total. The monoisotopic (exact) mass is 423 g/mol. The van der Waals surface area contributed by atoms with Gasteiger partial charge in [-0.05, 0) is 43.4 Å². The van der Waals surface area contributed by atoms with Crippen molar-refractivity contribution in [2.45, 2.75) is 50.6 Å². The number of nitrogens with zero attached hydrogens (tertiary/aromatic N) is 2. The van der Waals surface area contributed by atoms with Gasteiger partial charge in [-0.1, -0.05) is 26.0 Å². The lowest BCUT2D eigenvalue weighted by Crippen LogP contribution is -2.44. The van der Waals surface area contributed by atoms with Crippen molar-refractivity contribution in [2.75, 3.05) is 26.3 Å². The maximum absolute atomic E-state index is 12.9. The van der Waals surface area contributed by atoms with Gasteiger partial charge in [0.25, 0.3) is 5.91 Å². The Hall–Kier alpha value is -1.97. The Bertz CT molecular complexity index is 880. The number of morpholine rings is 1. The van der Waals surface area contributed by atoms with E-state index in [1.54, 1.807) is 19.1 Å². The van der Waals surface area contributed by atoms with Crippen molar-refractivity contribution in [1.29, 1.82) is 0 Å². The van der Waals surface area contributed by atoms with Crippen molar-refractivity contribution in [3.63, 3.8) is 0 Å². The van der Waals surface area contributed by atoms with E-state index in [9.17, 15) is 18.0 Å². The van der Waals surface area contributed by atoms with Crippen LogP contribution >= 0.6 is 0 Å². The molecule has 29 heavy (non-hydrogen) atoms. The minimum atomic E-state index is -3.64. The van der Waals surface area contributed by atoms with Crippen molar-refractivity contribution in [3.05, 3.63) is 29.8 Å². The molecule has 1 aromatic carbocycles. The number of benzene rings is 1. The number of imide groups is 1. The van der Waals surface area contributed by atoms with E-state index >= 15 is 0 Å². The molecule has 2 aliphatic heterocycles. The Balaban J connectivity index is 1.76. The summed E-state index contributed by atoms with van der Waals surface area (Å²) in [4.78, 5) is 26.6. The number of urea groups is 1. The zero-order valence-electron chi connectivity index (χ0n) is 17.2. The van der Waals surface area contributed by atoms with E-state index in [0.29, 0.717) is 44.2 Å². The van der Waals surface area contributed by atoms with E-state index in [2.05, 4.69) is 19.2 Å². The molecule has 0 aromatic heterocycles. The van der Waals surface area contributed by atoms with E-state index in [1.165, 1.54) is 21.3 Å². The summed E-state index contributed by atoms with van der Waals surface area (Å²) in [6.45, 7) is 7.29. The molecule has 0 unspecified atom stereocenters. The van der Waals surface area contributed by atoms with Crippen molar-refractivity contribution in [1.82, 2.24) is 14.5 Å². The number of rotatable bonds is 7. The summed E-state index contributed by atoms with van der Waals surface area (Å²) >= 11 is 0. The number of sulfonamides is 1. The SMILES string of the molecule is CC(C)CC[C@@]1(C)NC(=O)N(Cc2cccc(S(=O)(=O)N3CCOCC3)c2)C1=O. The third kappa shape index (κ3) is 4.62. The largest absolute Gasteiger partial charge is 0.379 e. The Morgan fingerprint density at radius 1 is 1.21 bits per heavy atom. The molecule has 2 saturated heterocycles. The molecule has 1 aromatic rings. The summed E-state index contributed by atoms with van der Waals surface area (Å²) < 4.78 is 32.4. The van der Waals surface area contributed by atoms with E-state index < -0.39 is 21.6 Å². The molecule has 9 heteroatoms. The van der Waals surface area contributed by atoms with E-state index in [4.69, 9.17) is 4.74 Å². The van der Waals surface area contributed by atoms with E-state index in [0.717, 1.165) is 6.42 Å². The Labute approximate surface area is 172 Å². The summed E-state index contributed by atoms with van der Waals surface area (Å²) in [5, 5.41) is 2.80. The molecular formula is C20H29N3O5S. The number of hydrogen-bond acceptors (Lipinski definition) is 5. The first-order valence-corrected chi connectivity index (χ1v) is 11.4. The maximum atomic E-state index is 12.9. The van der Waals surface area contributed by atoms with Gasteiger partial charge in [-0.2, -0.15) is 4.31 Å². The number of carbonyl (C=O) groups excluding carboxylic acids is 2. The highest BCUT2D eigenvalue weighted by Gasteiger charge is 2.47. The number of ether oxygens (including phenoxy) is 1. The summed E-state index contributed by atoms with van der Waals surface area (Å²) in [6, 6.07) is 5.99. The van der Waals surface area contributed by atoms with Crippen molar-refractivity contribution >= 4 is 22.0 Å². The number of nitrogens with one attached hydrogen (secondary N) is 1. The molecule has 1 N–H and O–H groups in total. The highest BCUT2D eigenvalue weighted by molar-refractivity contribution is 7.89. The minimum Gasteiger partial charge on any atom is -0.379 e. The molecule has 2 aliphatic rings. The Kier molecular flexibility index (Phi) is 6.30. The van der Waals surface area contributed by atoms with Crippen molar-refractivity contribution in [2.24, 2.45) is 5.92 Å². The molecule has 160 valence electrons. The van der Waals surface area contributed by atoms with Gasteiger partial charge in [0.05, 0.1) is 24.7 Å². The molecule has 0 spiro atoms. The first-order valence-electron chi connectivity index (χ1n) is 9.94. The summed E-state index contributed by atoms with van der Waals surface area (Å²) in [5.41, 5.74) is -0.324. The van der Waals surface area contributed by atoms with Gasteiger partial charge in [0.2, 0.25) is 10.0 Å². The molecule has 0 radical (unpaired) electrons. The van der Waals surface area contributed by atoms with E-state index in [-0.39, 0.29) is 17.3 Å². The van der Waals surface area contributed by atoms with Crippen LogP contribution in [-0.4, -0.2) is 61.4 Å². The fourth-order valence-electron chi connectivity index (χ4n) is 3.56. The lowest BCUT2D eigenvalue weighted by Gasteiger charge is -2.26. The summed E-state index contributed by atoms with van der Waals surface area (Å²) in [6.07, 6.45) is 1.39. The van der Waals surface area contributed by atoms with Gasteiger partial charge >= 0.3 is 6.03 Å². The second-order valence-electron chi connectivity index (χ2n) is 8.25. The van der Waals surface area contributed by atoms with Gasteiger partial charge < -0.3 is 10.1 Å². The zero-order chi connectivity index (χ0) is 21.2. The molecule has 2 heterocycles. The normalized spacial score (nSPS) is 23.7. The molecule has 3 rings (SSSR count). The number of carbonyl (C=O) groups is 2. The Morgan fingerprint density at radius 2 is 1.90 bits per heavy atom. The van der Waals surface area contributed by atoms with Crippen LogP contribution in [0.4, 0.5) is 4.79 Å². The predicted molar refractivity (Wildman–Crippen MR) is 108 cm³/mol. The fourth-order valence-corrected chi connectivity index (χ4v) is 5.04. The number of amides is 3. The van der Waals surface area contributed by atoms with Crippen LogP contribution in [0.2, 0.25) is 0 Å². The standard InChI is InChI=1S/C20H29N3O5S/c1-15(2)7-8-20(3)18(24)23(19(25)21-20)14-16-5-4-6-17(13-16)29(26,27)22-9-11-28-12-10-22/h4-6,13,15H,7-12,14H2,1-3H3,(H,21,25)/t20-/m1/s1. The van der Waals surface area contributed by atoms with Crippen LogP contribution in [0.25, 0.3) is 0 Å². The lowest BCUT2D eigenvalue weighted by molar-refractivity contribution is -0.131. The second kappa shape index (κ2) is 8.41. The number of hydrogen-bond donors (Lipinski definition) is 1. The quantitative estimate of drug-likeness (QED) is 0.677.